The van der Waals surface area contributed by atoms with Crippen molar-refractivity contribution in [2.45, 2.75) is 19.9 Å². The molecule has 2 atom stereocenters. The molecule has 2 unspecified atom stereocenters. The maximum Gasteiger partial charge on any atom is 0.340 e. The van der Waals surface area contributed by atoms with Crippen LogP contribution in [0.5, 0.6) is 0 Å². The molecule has 1 aromatic carbocycles. The first kappa shape index (κ1) is 13.9. The van der Waals surface area contributed by atoms with E-state index in [0.29, 0.717) is 11.3 Å². The van der Waals surface area contributed by atoms with Gasteiger partial charge in [0, 0.05) is 18.8 Å². The fourth-order valence-electron chi connectivity index (χ4n) is 2.51. The molecule has 19 heavy (non-hydrogen) atoms. The van der Waals surface area contributed by atoms with Crippen molar-refractivity contribution >= 4 is 11.7 Å². The Hall–Kier alpha value is -1.55. The number of nitrogen functional groups attached to an aromatic ring is 1. The number of nitrogens with zero attached hydrogens (tertiary/aromatic N) is 1. The maximum absolute atomic E-state index is 11.8. The van der Waals surface area contributed by atoms with Crippen LogP contribution < -0.4 is 5.73 Å². The third-order valence-corrected chi connectivity index (χ3v) is 3.84. The summed E-state index contributed by atoms with van der Waals surface area (Å²) in [5.41, 5.74) is 7.81. The van der Waals surface area contributed by atoms with Crippen LogP contribution in [0.15, 0.2) is 18.2 Å². The summed E-state index contributed by atoms with van der Waals surface area (Å²) in [4.78, 5) is 14.0. The summed E-state index contributed by atoms with van der Waals surface area (Å²) in [6.45, 7) is 4.06. The van der Waals surface area contributed by atoms with Crippen molar-refractivity contribution in [2.24, 2.45) is 11.8 Å². The normalized spacial score (nSPS) is 21.5. The molecule has 1 aliphatic rings. The third kappa shape index (κ3) is 3.26. The monoisotopic (exact) mass is 262 g/mol. The van der Waals surface area contributed by atoms with E-state index in [4.69, 9.17) is 10.5 Å². The van der Waals surface area contributed by atoms with Gasteiger partial charge in [0.2, 0.25) is 0 Å². The number of rotatable bonds is 5. The molecule has 0 aliphatic heterocycles. The molecular formula is C15H22N2O2. The highest BCUT2D eigenvalue weighted by Crippen LogP contribution is 2.38. The molecule has 4 nitrogen and oxygen atoms in total. The minimum atomic E-state index is -0.360. The van der Waals surface area contributed by atoms with E-state index in [9.17, 15) is 4.79 Å². The zero-order chi connectivity index (χ0) is 14.0. The number of hydrogen-bond donors (Lipinski definition) is 1. The Morgan fingerprint density at radius 2 is 2.21 bits per heavy atom. The number of carbonyl (C=O) groups excluding carboxylic acids is 1. The lowest BCUT2D eigenvalue weighted by molar-refractivity contribution is 0.0599. The molecule has 1 aromatic rings. The average Bonchev–Trinajstić information content (AvgIpc) is 3.04. The molecule has 2 N–H and O–H groups in total. The SMILES string of the molecule is COC(=O)c1c(N)cccc1CN(C)CC1CC1C. The highest BCUT2D eigenvalue weighted by molar-refractivity contribution is 5.96. The van der Waals surface area contributed by atoms with Crippen molar-refractivity contribution in [3.05, 3.63) is 29.3 Å². The Labute approximate surface area is 114 Å². The number of ether oxygens (including phenoxy) is 1. The summed E-state index contributed by atoms with van der Waals surface area (Å²) in [5, 5.41) is 0. The minimum Gasteiger partial charge on any atom is -0.465 e. The van der Waals surface area contributed by atoms with Crippen LogP contribution in [0, 0.1) is 11.8 Å². The van der Waals surface area contributed by atoms with Crippen LogP contribution in [-0.4, -0.2) is 31.6 Å². The molecule has 2 rings (SSSR count). The second-order valence-corrected chi connectivity index (χ2v) is 5.54. The van der Waals surface area contributed by atoms with Crippen LogP contribution in [0.3, 0.4) is 0 Å². The molecule has 1 aliphatic carbocycles. The topological polar surface area (TPSA) is 55.6 Å². The van der Waals surface area contributed by atoms with Crippen LogP contribution in [-0.2, 0) is 11.3 Å². The number of methoxy groups -OCH3 is 1. The summed E-state index contributed by atoms with van der Waals surface area (Å²) in [6, 6.07) is 5.55. The van der Waals surface area contributed by atoms with Gasteiger partial charge >= 0.3 is 5.97 Å². The van der Waals surface area contributed by atoms with E-state index >= 15 is 0 Å². The van der Waals surface area contributed by atoms with Crippen LogP contribution in [0.2, 0.25) is 0 Å². The zero-order valence-electron chi connectivity index (χ0n) is 11.8. The first-order valence-electron chi connectivity index (χ1n) is 6.67. The summed E-state index contributed by atoms with van der Waals surface area (Å²) < 4.78 is 4.81. The van der Waals surface area contributed by atoms with Gasteiger partial charge in [0.05, 0.1) is 12.7 Å². The number of benzene rings is 1. The van der Waals surface area contributed by atoms with Crippen molar-refractivity contribution in [2.75, 3.05) is 26.4 Å². The van der Waals surface area contributed by atoms with Gasteiger partial charge in [-0.25, -0.2) is 4.79 Å². The van der Waals surface area contributed by atoms with Crippen LogP contribution in [0.4, 0.5) is 5.69 Å². The second kappa shape index (κ2) is 5.61. The molecule has 1 fully saturated rings. The van der Waals surface area contributed by atoms with Crippen molar-refractivity contribution in [1.82, 2.24) is 4.90 Å². The van der Waals surface area contributed by atoms with Crippen molar-refractivity contribution < 1.29 is 9.53 Å². The van der Waals surface area contributed by atoms with Gasteiger partial charge in [-0.2, -0.15) is 0 Å². The Kier molecular flexibility index (Phi) is 4.10. The van der Waals surface area contributed by atoms with Gasteiger partial charge in [-0.15, -0.1) is 0 Å². The molecule has 0 aromatic heterocycles. The van der Waals surface area contributed by atoms with Crippen LogP contribution in [0.1, 0.15) is 29.3 Å². The van der Waals surface area contributed by atoms with E-state index in [-0.39, 0.29) is 5.97 Å². The highest BCUT2D eigenvalue weighted by atomic mass is 16.5. The van der Waals surface area contributed by atoms with E-state index in [1.54, 1.807) is 6.07 Å². The van der Waals surface area contributed by atoms with E-state index < -0.39 is 0 Å². The van der Waals surface area contributed by atoms with Gasteiger partial charge in [0.25, 0.3) is 0 Å². The quantitative estimate of drug-likeness (QED) is 0.652. The predicted octanol–water partition coefficient (Wildman–Crippen LogP) is 2.14. The summed E-state index contributed by atoms with van der Waals surface area (Å²) >= 11 is 0. The summed E-state index contributed by atoms with van der Waals surface area (Å²) in [7, 11) is 3.46. The number of hydrogen-bond acceptors (Lipinski definition) is 4. The number of carbonyl (C=O) groups is 1. The van der Waals surface area contributed by atoms with E-state index in [1.165, 1.54) is 13.5 Å². The standard InChI is InChI=1S/C15H22N2O2/c1-10-7-12(10)9-17(2)8-11-5-4-6-13(16)14(11)15(18)19-3/h4-6,10,12H,7-9,16H2,1-3H3. The third-order valence-electron chi connectivity index (χ3n) is 3.84. The lowest BCUT2D eigenvalue weighted by Crippen LogP contribution is -2.23. The van der Waals surface area contributed by atoms with E-state index in [0.717, 1.165) is 30.5 Å². The number of nitrogens with two attached hydrogens (primary N) is 1. The lowest BCUT2D eigenvalue weighted by Gasteiger charge is -2.19. The van der Waals surface area contributed by atoms with Crippen molar-refractivity contribution in [3.63, 3.8) is 0 Å². The first-order valence-corrected chi connectivity index (χ1v) is 6.67. The highest BCUT2D eigenvalue weighted by Gasteiger charge is 2.33. The summed E-state index contributed by atoms with van der Waals surface area (Å²) in [6.07, 6.45) is 1.31. The molecule has 0 radical (unpaired) electrons. The number of esters is 1. The van der Waals surface area contributed by atoms with Gasteiger partial charge in [0.15, 0.2) is 0 Å². The average molecular weight is 262 g/mol. The molecule has 1 saturated carbocycles. The molecule has 0 spiro atoms. The van der Waals surface area contributed by atoms with Gasteiger partial charge in [-0.05, 0) is 36.9 Å². The molecule has 0 heterocycles. The predicted molar refractivity (Wildman–Crippen MR) is 75.8 cm³/mol. The fourth-order valence-corrected chi connectivity index (χ4v) is 2.51. The molecule has 4 heteroatoms. The maximum atomic E-state index is 11.8. The Bertz CT molecular complexity index is 473. The number of anilines is 1. The second-order valence-electron chi connectivity index (χ2n) is 5.54. The molecule has 0 saturated heterocycles. The zero-order valence-corrected chi connectivity index (χ0v) is 11.8. The molecule has 0 amide bonds. The van der Waals surface area contributed by atoms with Crippen LogP contribution >= 0.6 is 0 Å². The van der Waals surface area contributed by atoms with E-state index in [1.807, 2.05) is 12.1 Å². The van der Waals surface area contributed by atoms with Crippen LogP contribution in [0.25, 0.3) is 0 Å². The lowest BCUT2D eigenvalue weighted by atomic mass is 10.0. The van der Waals surface area contributed by atoms with Crippen molar-refractivity contribution in [1.29, 1.82) is 0 Å². The molecule has 104 valence electrons. The van der Waals surface area contributed by atoms with E-state index in [2.05, 4.69) is 18.9 Å². The summed E-state index contributed by atoms with van der Waals surface area (Å²) in [5.74, 6) is 1.28. The van der Waals surface area contributed by atoms with Gasteiger partial charge in [-0.1, -0.05) is 19.1 Å². The Balaban J connectivity index is 2.10. The van der Waals surface area contributed by atoms with Gasteiger partial charge < -0.3 is 15.4 Å². The smallest absolute Gasteiger partial charge is 0.340 e. The minimum absolute atomic E-state index is 0.360. The Morgan fingerprint density at radius 3 is 2.79 bits per heavy atom. The van der Waals surface area contributed by atoms with Crippen molar-refractivity contribution in [3.8, 4) is 0 Å². The largest absolute Gasteiger partial charge is 0.465 e. The fraction of sp³-hybridized carbons (Fsp3) is 0.533. The van der Waals surface area contributed by atoms with Gasteiger partial charge in [-0.3, -0.25) is 0 Å². The van der Waals surface area contributed by atoms with Gasteiger partial charge in [0.1, 0.15) is 0 Å². The first-order chi connectivity index (χ1) is 9.02. The molecule has 0 bridgehead atoms. The molecular weight excluding hydrogens is 240 g/mol. The Morgan fingerprint density at radius 1 is 1.53 bits per heavy atom.